The number of anilines is 2. The SMILES string of the molecule is C=C1C=C(C)N(c2ccc(NC)cc2C)C(=C(C)/C=C/C)/C1=C(\C)NC1CCNC1. The number of benzene rings is 1. The molecule has 4 heteroatoms. The Morgan fingerprint density at radius 3 is 2.63 bits per heavy atom. The molecule has 0 amide bonds. The van der Waals surface area contributed by atoms with E-state index in [9.17, 15) is 0 Å². The standard InChI is InChI=1S/C26H36N4/c1-8-9-17(2)26-25(21(6)29-23-12-13-28-16-23)19(4)14-20(5)30(26)24-11-10-22(27-7)15-18(24)3/h8-11,14-15,23,27-29H,4,12-13,16H2,1-3,5-7H3/b9-8+,25-21+,26-17+. The lowest BCUT2D eigenvalue weighted by Crippen LogP contribution is -2.33. The molecule has 1 aromatic rings. The second-order valence-electron chi connectivity index (χ2n) is 8.26. The summed E-state index contributed by atoms with van der Waals surface area (Å²) < 4.78 is 0. The first kappa shape index (κ1) is 22.0. The molecular weight excluding hydrogens is 368 g/mol. The Kier molecular flexibility index (Phi) is 6.88. The van der Waals surface area contributed by atoms with Gasteiger partial charge in [0.15, 0.2) is 0 Å². The van der Waals surface area contributed by atoms with Crippen molar-refractivity contribution in [1.29, 1.82) is 0 Å². The Hall–Kier alpha value is -2.72. The van der Waals surface area contributed by atoms with Gasteiger partial charge in [0, 0.05) is 48.0 Å². The van der Waals surface area contributed by atoms with Crippen LogP contribution in [0.2, 0.25) is 0 Å². The van der Waals surface area contributed by atoms with Crippen LogP contribution in [0.15, 0.2) is 76.8 Å². The third-order valence-electron chi connectivity index (χ3n) is 5.89. The molecule has 1 fully saturated rings. The maximum absolute atomic E-state index is 4.43. The second kappa shape index (κ2) is 9.40. The maximum atomic E-state index is 4.43. The van der Waals surface area contributed by atoms with E-state index in [4.69, 9.17) is 0 Å². The molecule has 0 aliphatic carbocycles. The van der Waals surface area contributed by atoms with Gasteiger partial charge in [-0.15, -0.1) is 0 Å². The van der Waals surface area contributed by atoms with E-state index < -0.39 is 0 Å². The summed E-state index contributed by atoms with van der Waals surface area (Å²) in [5, 5.41) is 10.4. The molecule has 0 radical (unpaired) electrons. The lowest BCUT2D eigenvalue weighted by atomic mass is 9.91. The lowest BCUT2D eigenvalue weighted by molar-refractivity contribution is 0.610. The van der Waals surface area contributed by atoms with Gasteiger partial charge in [0.1, 0.15) is 0 Å². The van der Waals surface area contributed by atoms with E-state index in [2.05, 4.69) is 98.5 Å². The van der Waals surface area contributed by atoms with E-state index in [-0.39, 0.29) is 0 Å². The Labute approximate surface area is 182 Å². The van der Waals surface area contributed by atoms with Crippen LogP contribution < -0.4 is 20.9 Å². The van der Waals surface area contributed by atoms with Crippen LogP contribution in [0.5, 0.6) is 0 Å². The Morgan fingerprint density at radius 1 is 1.27 bits per heavy atom. The summed E-state index contributed by atoms with van der Waals surface area (Å²) in [6, 6.07) is 7.01. The van der Waals surface area contributed by atoms with Gasteiger partial charge < -0.3 is 20.9 Å². The van der Waals surface area contributed by atoms with Crippen molar-refractivity contribution < 1.29 is 0 Å². The minimum atomic E-state index is 0.464. The maximum Gasteiger partial charge on any atom is 0.0582 e. The van der Waals surface area contributed by atoms with E-state index in [0.717, 1.165) is 30.8 Å². The molecule has 2 aliphatic heterocycles. The van der Waals surface area contributed by atoms with Crippen LogP contribution in [0.4, 0.5) is 11.4 Å². The molecule has 3 N–H and O–H groups in total. The molecule has 160 valence electrons. The third-order valence-corrected chi connectivity index (χ3v) is 5.89. The molecule has 1 saturated heterocycles. The quantitative estimate of drug-likeness (QED) is 0.615. The molecule has 3 rings (SSSR count). The number of nitrogens with zero attached hydrogens (tertiary/aromatic N) is 1. The largest absolute Gasteiger partial charge is 0.388 e. The lowest BCUT2D eigenvalue weighted by Gasteiger charge is -2.37. The second-order valence-corrected chi connectivity index (χ2v) is 8.26. The van der Waals surface area contributed by atoms with Gasteiger partial charge in [0.05, 0.1) is 5.70 Å². The fourth-order valence-corrected chi connectivity index (χ4v) is 4.48. The van der Waals surface area contributed by atoms with Crippen molar-refractivity contribution in [3.05, 3.63) is 82.4 Å². The fraction of sp³-hybridized carbons (Fsp3) is 0.385. The number of hydrogen-bond donors (Lipinski definition) is 3. The van der Waals surface area contributed by atoms with Gasteiger partial charge in [-0.1, -0.05) is 18.7 Å². The molecule has 2 heterocycles. The smallest absolute Gasteiger partial charge is 0.0582 e. The van der Waals surface area contributed by atoms with E-state index in [1.807, 2.05) is 7.05 Å². The normalized spacial score (nSPS) is 23.0. The predicted molar refractivity (Wildman–Crippen MR) is 131 cm³/mol. The van der Waals surface area contributed by atoms with E-state index in [0.29, 0.717) is 6.04 Å². The van der Waals surface area contributed by atoms with Crippen LogP contribution in [0.25, 0.3) is 0 Å². The van der Waals surface area contributed by atoms with Crippen molar-refractivity contribution in [2.24, 2.45) is 0 Å². The number of aryl methyl sites for hydroxylation is 1. The fourth-order valence-electron chi connectivity index (χ4n) is 4.48. The van der Waals surface area contributed by atoms with Crippen molar-refractivity contribution >= 4 is 11.4 Å². The Bertz CT molecular complexity index is 940. The van der Waals surface area contributed by atoms with E-state index in [1.54, 1.807) is 0 Å². The summed E-state index contributed by atoms with van der Waals surface area (Å²) in [5.74, 6) is 0. The van der Waals surface area contributed by atoms with Gasteiger partial charge in [-0.25, -0.2) is 0 Å². The highest BCUT2D eigenvalue weighted by Crippen LogP contribution is 2.41. The van der Waals surface area contributed by atoms with Crippen LogP contribution in [-0.4, -0.2) is 26.2 Å². The highest BCUT2D eigenvalue weighted by molar-refractivity contribution is 5.75. The first-order chi connectivity index (χ1) is 14.4. The van der Waals surface area contributed by atoms with Crippen LogP contribution in [0.3, 0.4) is 0 Å². The molecule has 1 aromatic carbocycles. The molecule has 4 nitrogen and oxygen atoms in total. The van der Waals surface area contributed by atoms with Gasteiger partial charge in [0.2, 0.25) is 0 Å². The summed E-state index contributed by atoms with van der Waals surface area (Å²) in [7, 11) is 1.96. The molecule has 2 aliphatic rings. The highest BCUT2D eigenvalue weighted by atomic mass is 15.2. The zero-order valence-electron chi connectivity index (χ0n) is 19.3. The molecule has 0 bridgehead atoms. The monoisotopic (exact) mass is 404 g/mol. The topological polar surface area (TPSA) is 39.3 Å². The molecule has 0 spiro atoms. The first-order valence-corrected chi connectivity index (χ1v) is 10.9. The first-order valence-electron chi connectivity index (χ1n) is 10.9. The van der Waals surface area contributed by atoms with Crippen LogP contribution in [0.1, 0.15) is 39.7 Å². The van der Waals surface area contributed by atoms with Crippen molar-refractivity contribution in [1.82, 2.24) is 10.6 Å². The molecule has 1 atom stereocenters. The zero-order chi connectivity index (χ0) is 21.8. The predicted octanol–water partition coefficient (Wildman–Crippen LogP) is 5.39. The van der Waals surface area contributed by atoms with Gasteiger partial charge in [0.25, 0.3) is 0 Å². The molecule has 0 saturated carbocycles. The van der Waals surface area contributed by atoms with Crippen LogP contribution in [0, 0.1) is 6.92 Å². The molecule has 0 aromatic heterocycles. The number of nitrogens with one attached hydrogen (secondary N) is 3. The van der Waals surface area contributed by atoms with Gasteiger partial charge in [-0.05, 0) is 88.6 Å². The number of hydrogen-bond acceptors (Lipinski definition) is 4. The van der Waals surface area contributed by atoms with Gasteiger partial charge in [-0.3, -0.25) is 0 Å². The number of allylic oxidation sites excluding steroid dienone is 7. The zero-order valence-corrected chi connectivity index (χ0v) is 19.3. The minimum absolute atomic E-state index is 0.464. The Morgan fingerprint density at radius 2 is 2.03 bits per heavy atom. The third kappa shape index (κ3) is 4.39. The summed E-state index contributed by atoms with van der Waals surface area (Å²) in [6.45, 7) is 17.3. The average Bonchev–Trinajstić information content (AvgIpc) is 3.21. The van der Waals surface area contributed by atoms with Crippen molar-refractivity contribution in [3.63, 3.8) is 0 Å². The van der Waals surface area contributed by atoms with Crippen LogP contribution in [-0.2, 0) is 0 Å². The van der Waals surface area contributed by atoms with Gasteiger partial charge in [-0.2, -0.15) is 0 Å². The minimum Gasteiger partial charge on any atom is -0.388 e. The summed E-state index contributed by atoms with van der Waals surface area (Å²) in [5.41, 5.74) is 10.6. The van der Waals surface area contributed by atoms with Crippen LogP contribution >= 0.6 is 0 Å². The van der Waals surface area contributed by atoms with E-state index >= 15 is 0 Å². The summed E-state index contributed by atoms with van der Waals surface area (Å²) in [6.07, 6.45) is 7.64. The summed E-state index contributed by atoms with van der Waals surface area (Å²) in [4.78, 5) is 2.38. The number of rotatable bonds is 5. The summed E-state index contributed by atoms with van der Waals surface area (Å²) >= 11 is 0. The molecule has 1 unspecified atom stereocenters. The highest BCUT2D eigenvalue weighted by Gasteiger charge is 2.28. The molecule has 30 heavy (non-hydrogen) atoms. The van der Waals surface area contributed by atoms with Crippen molar-refractivity contribution in [3.8, 4) is 0 Å². The van der Waals surface area contributed by atoms with Gasteiger partial charge >= 0.3 is 0 Å². The average molecular weight is 405 g/mol. The van der Waals surface area contributed by atoms with Crippen molar-refractivity contribution in [2.75, 3.05) is 30.4 Å². The molecular formula is C26H36N4. The van der Waals surface area contributed by atoms with Crippen molar-refractivity contribution in [2.45, 2.75) is 47.1 Å². The van der Waals surface area contributed by atoms with E-state index in [1.165, 1.54) is 39.5 Å². The Balaban J connectivity index is 2.19.